The Balaban J connectivity index is 1.26. The normalized spacial score (nSPS) is 24.0. The number of hydrogen-bond donors (Lipinski definition) is 20. The molecule has 0 bridgehead atoms. The number of amides is 8. The third kappa shape index (κ3) is 20.6. The van der Waals surface area contributed by atoms with Crippen LogP contribution in [0, 0.1) is 12.8 Å². The first-order valence-electron chi connectivity index (χ1n) is 29.8. The summed E-state index contributed by atoms with van der Waals surface area (Å²) in [5.74, 6) is -7.63. The first-order valence-corrected chi connectivity index (χ1v) is 33.8. The SMILES string of the molecule is Cc1c(N)nc([C@H](CC(N)=O)NC[C@H](N)C(N)=O)nc1C(=O)N[C@@H](C(=O)N[C@H](C)[C@@H](O)[C@H](C)C(=O)N[C@@H](C(=O)NCCc1nc(-c2ncc(C(=O)NCCC[S+](C)C)s2)cs1)[C@@H](C)O)[C@@H](O[C@@H]1O[C@@H](CO)[C@@H](O)[C@@H](O)[C@@H]1O[C@H]1O[C@H](CO)[C@@H](O)[C@H](OC(N)=O)[C@@H]1O)c1cnc[nH]1. The second-order valence-corrected chi connectivity index (χ2v) is 27.2. The van der Waals surface area contributed by atoms with Crippen LogP contribution in [0.4, 0.5) is 10.6 Å². The second-order valence-electron chi connectivity index (χ2n) is 22.8. The van der Waals surface area contributed by atoms with Gasteiger partial charge in [-0.3, -0.25) is 33.6 Å². The zero-order chi connectivity index (χ0) is 71.0. The summed E-state index contributed by atoms with van der Waals surface area (Å²) < 4.78 is 28.7. The van der Waals surface area contributed by atoms with Gasteiger partial charge in [0.15, 0.2) is 18.7 Å². The standard InChI is InChI=1S/C55H83N17O21S3/c1-20-33(69-46(72-44(20)58)25(12-31(57)76)64-13-24(56)45(59)82)50(86)71-35(41(26-14-61-19-66-26)91-54-43(39(80)37(78)28(16-73)90-54)92-53-40(81)42(93-55(60)88)38(79)29(17-74)89-53)51(87)67-22(3)36(77)21(2)47(83)70-34(23(4)75)49(85)63-10-8-32-68-27(18-94-32)52-65-15-30(95-52)48(84)62-9-7-11-96(5)6/h14-15,18-19,21-25,28-29,34-43,53-54,64,73-75,77-81H,7-13,16-17,56H2,1-6H3,(H13-,57,58,59,60,61,62,63,66,67,69,70,71,72,76,82,83,84,85,86,87,88)/p+1/t21-,22+,23+,24-,25-,28-,29+,34+,35+,36-,37+,38+,39+,40-,41-,42-,43-,53+,54-/m0/s1. The molecule has 0 saturated carbocycles. The molecule has 96 heavy (non-hydrogen) atoms. The Labute approximate surface area is 559 Å². The van der Waals surface area contributed by atoms with Gasteiger partial charge in [0.1, 0.15) is 99.6 Å². The van der Waals surface area contributed by atoms with E-state index >= 15 is 4.79 Å². The van der Waals surface area contributed by atoms with E-state index in [-0.39, 0.29) is 59.2 Å². The number of anilines is 1. The predicted octanol–water partition coefficient (Wildman–Crippen LogP) is -7.70. The molecule has 532 valence electrons. The van der Waals surface area contributed by atoms with Crippen LogP contribution in [-0.2, 0) is 65.0 Å². The molecule has 8 amide bonds. The van der Waals surface area contributed by atoms with Crippen molar-refractivity contribution in [1.29, 1.82) is 0 Å². The largest absolute Gasteiger partial charge is 0.441 e. The van der Waals surface area contributed by atoms with E-state index in [4.69, 9.17) is 52.4 Å². The maximum atomic E-state index is 15.2. The number of hydrogen-bond acceptors (Lipinski definition) is 31. The first kappa shape index (κ1) is 77.7. The van der Waals surface area contributed by atoms with Gasteiger partial charge in [-0.15, -0.1) is 22.7 Å². The van der Waals surface area contributed by atoms with E-state index in [1.54, 1.807) is 5.38 Å². The molecule has 2 fully saturated rings. The lowest BCUT2D eigenvalue weighted by Gasteiger charge is -2.47. The highest BCUT2D eigenvalue weighted by molar-refractivity contribution is 7.95. The Morgan fingerprint density at radius 3 is 2.11 bits per heavy atom. The number of nitrogens with one attached hydrogen (secondary N) is 7. The zero-order valence-electron chi connectivity index (χ0n) is 52.9. The number of aliphatic hydroxyl groups is 8. The number of carbonyl (C=O) groups excluding carboxylic acids is 8. The lowest BCUT2D eigenvalue weighted by molar-refractivity contribution is -0.372. The number of H-pyrrole nitrogens is 1. The van der Waals surface area contributed by atoms with Crippen molar-refractivity contribution in [1.82, 2.24) is 61.8 Å². The summed E-state index contributed by atoms with van der Waals surface area (Å²) in [6.45, 7) is 3.19. The molecule has 0 radical (unpaired) electrons. The number of imidazole rings is 1. The summed E-state index contributed by atoms with van der Waals surface area (Å²) >= 11 is 2.46. The van der Waals surface area contributed by atoms with E-state index in [1.807, 2.05) is 0 Å². The number of primary amides is 3. The summed E-state index contributed by atoms with van der Waals surface area (Å²) in [4.78, 5) is 131. The molecule has 2 aliphatic rings. The fraction of sp³-hybridized carbons (Fsp3) is 0.618. The van der Waals surface area contributed by atoms with E-state index in [1.165, 1.54) is 56.6 Å². The third-order valence-corrected chi connectivity index (χ3v) is 18.3. The number of ether oxygens (including phenoxy) is 5. The number of nitrogens with two attached hydrogens (primary N) is 5. The maximum Gasteiger partial charge on any atom is 0.404 e. The lowest BCUT2D eigenvalue weighted by atomic mass is 9.96. The third-order valence-electron chi connectivity index (χ3n) is 15.3. The number of carbonyl (C=O) groups is 8. The van der Waals surface area contributed by atoms with Crippen molar-refractivity contribution >= 4 is 86.8 Å². The molecule has 6 rings (SSSR count). The van der Waals surface area contributed by atoms with Gasteiger partial charge in [-0.1, -0.05) is 6.92 Å². The zero-order valence-corrected chi connectivity index (χ0v) is 55.3. The van der Waals surface area contributed by atoms with Gasteiger partial charge in [0.2, 0.25) is 29.5 Å². The van der Waals surface area contributed by atoms with Crippen LogP contribution in [0.25, 0.3) is 10.7 Å². The van der Waals surface area contributed by atoms with Gasteiger partial charge in [0.05, 0.1) is 91.4 Å². The molecule has 0 aromatic carbocycles. The number of nitrogen functional groups attached to an aromatic ring is 1. The van der Waals surface area contributed by atoms with Crippen molar-refractivity contribution in [2.75, 3.05) is 56.8 Å². The monoisotopic (exact) mass is 1410 g/mol. The Morgan fingerprint density at radius 2 is 1.49 bits per heavy atom. The van der Waals surface area contributed by atoms with Crippen LogP contribution in [0.2, 0.25) is 0 Å². The summed E-state index contributed by atoms with van der Waals surface area (Å²) in [5.41, 5.74) is 27.8. The number of nitrogens with zero attached hydrogens (tertiary/aromatic N) is 5. The number of thiazole rings is 2. The summed E-state index contributed by atoms with van der Waals surface area (Å²) in [6.07, 6.45) is -18.5. The Bertz CT molecular complexity index is 3280. The molecule has 0 aliphatic carbocycles. The van der Waals surface area contributed by atoms with Crippen LogP contribution < -0.4 is 60.6 Å². The van der Waals surface area contributed by atoms with Crippen molar-refractivity contribution in [2.45, 2.75) is 157 Å². The smallest absolute Gasteiger partial charge is 0.404 e. The fourth-order valence-electron chi connectivity index (χ4n) is 9.80. The summed E-state index contributed by atoms with van der Waals surface area (Å²) in [6, 6.07) is -7.85. The van der Waals surface area contributed by atoms with Gasteiger partial charge >= 0.3 is 6.09 Å². The van der Waals surface area contributed by atoms with Crippen molar-refractivity contribution in [3.8, 4) is 10.7 Å². The van der Waals surface area contributed by atoms with Crippen LogP contribution in [0.15, 0.2) is 24.1 Å². The van der Waals surface area contributed by atoms with Crippen LogP contribution in [0.5, 0.6) is 0 Å². The van der Waals surface area contributed by atoms with E-state index in [2.05, 4.69) is 74.3 Å². The molecule has 4 aromatic rings. The van der Waals surface area contributed by atoms with Crippen LogP contribution in [0.1, 0.15) is 88.0 Å². The van der Waals surface area contributed by atoms with Gasteiger partial charge in [0.25, 0.3) is 11.8 Å². The molecule has 2 aliphatic heterocycles. The average molecular weight is 1420 g/mol. The highest BCUT2D eigenvalue weighted by Crippen LogP contribution is 2.35. The van der Waals surface area contributed by atoms with Gasteiger partial charge in [-0.25, -0.2) is 29.7 Å². The summed E-state index contributed by atoms with van der Waals surface area (Å²) in [5, 5.41) is 107. The van der Waals surface area contributed by atoms with Crippen molar-refractivity contribution < 1.29 is 103 Å². The molecule has 19 atom stereocenters. The molecular formula is C55H84N17O21S3+. The highest BCUT2D eigenvalue weighted by Gasteiger charge is 2.54. The highest BCUT2D eigenvalue weighted by atomic mass is 32.2. The Morgan fingerprint density at radius 1 is 0.802 bits per heavy atom. The molecule has 4 aromatic heterocycles. The topological polar surface area (TPSA) is 627 Å². The Hall–Kier alpha value is -7.30. The number of rotatable bonds is 35. The fourth-order valence-corrected chi connectivity index (χ4v) is 12.2. The van der Waals surface area contributed by atoms with Crippen molar-refractivity contribution in [3.05, 3.63) is 56.8 Å². The second kappa shape index (κ2) is 35.8. The van der Waals surface area contributed by atoms with Gasteiger partial charge < -0.3 is 130 Å². The molecular weight excluding hydrogens is 1330 g/mol. The summed E-state index contributed by atoms with van der Waals surface area (Å²) in [7, 11) is 0.258. The molecule has 41 heteroatoms. The maximum absolute atomic E-state index is 15.2. The molecule has 2 saturated heterocycles. The van der Waals surface area contributed by atoms with Crippen molar-refractivity contribution in [2.24, 2.45) is 28.9 Å². The van der Waals surface area contributed by atoms with Gasteiger partial charge in [-0.2, -0.15) is 0 Å². The average Bonchev–Trinajstić information content (AvgIpc) is 1.02. The molecule has 0 spiro atoms. The number of aromatic amines is 1. The molecule has 6 heterocycles. The van der Waals surface area contributed by atoms with E-state index in [0.29, 0.717) is 27.1 Å². The van der Waals surface area contributed by atoms with Gasteiger partial charge in [0, 0.05) is 49.8 Å². The van der Waals surface area contributed by atoms with Crippen LogP contribution in [-0.4, -0.2) is 267 Å². The molecule has 0 unspecified atom stereocenters. The van der Waals surface area contributed by atoms with Crippen LogP contribution >= 0.6 is 22.7 Å². The van der Waals surface area contributed by atoms with E-state index < -0.39 is 183 Å². The minimum atomic E-state index is -2.20. The van der Waals surface area contributed by atoms with E-state index in [0.717, 1.165) is 24.7 Å². The predicted molar refractivity (Wildman–Crippen MR) is 339 cm³/mol. The lowest BCUT2D eigenvalue weighted by Crippen LogP contribution is -2.65. The van der Waals surface area contributed by atoms with Crippen molar-refractivity contribution in [3.63, 3.8) is 0 Å². The minimum Gasteiger partial charge on any atom is -0.441 e. The molecule has 38 nitrogen and oxygen atoms in total. The quantitative estimate of drug-likeness (QED) is 0.0150. The number of aromatic nitrogens is 6. The van der Waals surface area contributed by atoms with Gasteiger partial charge in [-0.05, 0) is 31.7 Å². The number of aliphatic hydroxyl groups excluding tert-OH is 8. The van der Waals surface area contributed by atoms with E-state index in [9.17, 15) is 74.4 Å². The molecule has 25 N–H and O–H groups in total. The van der Waals surface area contributed by atoms with Crippen LogP contribution in [0.3, 0.4) is 0 Å². The Kier molecular flexibility index (Phi) is 29.0. The first-order chi connectivity index (χ1) is 45.3. The minimum absolute atomic E-state index is 0.00498.